The summed E-state index contributed by atoms with van der Waals surface area (Å²) in [5.41, 5.74) is 0.419. The Kier molecular flexibility index (Phi) is 5.90. The normalized spacial score (nSPS) is 14.3. The van der Waals surface area contributed by atoms with Crippen LogP contribution in [-0.4, -0.2) is 33.7 Å². The van der Waals surface area contributed by atoms with Crippen LogP contribution in [0.1, 0.15) is 43.1 Å². The Morgan fingerprint density at radius 1 is 0.571 bits per heavy atom. The van der Waals surface area contributed by atoms with Gasteiger partial charge in [0.1, 0.15) is 0 Å². The van der Waals surface area contributed by atoms with Gasteiger partial charge in [0, 0.05) is 23.1 Å². The van der Waals surface area contributed by atoms with Crippen molar-refractivity contribution in [1.82, 2.24) is 5.01 Å². The molecule has 1 heterocycles. The zero-order chi connectivity index (χ0) is 24.3. The van der Waals surface area contributed by atoms with Gasteiger partial charge in [-0.25, -0.2) is 5.01 Å². The SMILES string of the molecule is O=C(c1ccccc1)N1N=C(c2ccccc2)CC1(C(=O)c1ccccc1)C(=O)c1ccccc1. The maximum atomic E-state index is 14.2. The summed E-state index contributed by atoms with van der Waals surface area (Å²) in [6.07, 6.45) is -0.0307. The second-order valence-electron chi connectivity index (χ2n) is 8.32. The fourth-order valence-corrected chi connectivity index (χ4v) is 4.38. The summed E-state index contributed by atoms with van der Waals surface area (Å²) in [5.74, 6) is -1.44. The first kappa shape index (κ1) is 22.2. The highest BCUT2D eigenvalue weighted by molar-refractivity contribution is 6.29. The summed E-state index contributed by atoms with van der Waals surface area (Å²) in [4.78, 5) is 42.3. The molecule has 0 fully saturated rings. The molecule has 0 aliphatic carbocycles. The summed E-state index contributed by atoms with van der Waals surface area (Å²) in [6, 6.07) is 35.1. The van der Waals surface area contributed by atoms with Crippen LogP contribution < -0.4 is 0 Å². The van der Waals surface area contributed by atoms with E-state index >= 15 is 0 Å². The van der Waals surface area contributed by atoms with Gasteiger partial charge in [-0.05, 0) is 17.7 Å². The van der Waals surface area contributed by atoms with Gasteiger partial charge in [0.25, 0.3) is 5.91 Å². The smallest absolute Gasteiger partial charge is 0.275 e. The van der Waals surface area contributed by atoms with E-state index in [2.05, 4.69) is 5.10 Å². The number of nitrogens with zero attached hydrogens (tertiary/aromatic N) is 2. The lowest BCUT2D eigenvalue weighted by atomic mass is 9.77. The highest BCUT2D eigenvalue weighted by Crippen LogP contribution is 2.37. The van der Waals surface area contributed by atoms with E-state index in [9.17, 15) is 14.4 Å². The number of Topliss-reactive ketones (excluding diaryl/α,β-unsaturated/α-hetero) is 2. The van der Waals surface area contributed by atoms with Crippen molar-refractivity contribution in [3.05, 3.63) is 144 Å². The largest absolute Gasteiger partial charge is 0.291 e. The first-order chi connectivity index (χ1) is 17.1. The van der Waals surface area contributed by atoms with E-state index in [1.54, 1.807) is 91.0 Å². The number of ketones is 2. The number of benzene rings is 4. The molecule has 0 spiro atoms. The Bertz CT molecular complexity index is 1350. The molecule has 1 aliphatic heterocycles. The Morgan fingerprint density at radius 2 is 0.971 bits per heavy atom. The first-order valence-electron chi connectivity index (χ1n) is 11.3. The second kappa shape index (κ2) is 9.31. The molecule has 0 saturated carbocycles. The molecule has 0 radical (unpaired) electrons. The molecule has 0 N–H and O–H groups in total. The van der Waals surface area contributed by atoms with Crippen molar-refractivity contribution in [1.29, 1.82) is 0 Å². The average Bonchev–Trinajstić information content (AvgIpc) is 3.35. The van der Waals surface area contributed by atoms with Crippen LogP contribution in [0.25, 0.3) is 0 Å². The molecule has 1 amide bonds. The topological polar surface area (TPSA) is 66.8 Å². The quantitative estimate of drug-likeness (QED) is 0.285. The number of hydrogen-bond acceptors (Lipinski definition) is 4. The van der Waals surface area contributed by atoms with E-state index in [0.717, 1.165) is 10.6 Å². The van der Waals surface area contributed by atoms with E-state index in [4.69, 9.17) is 0 Å². The van der Waals surface area contributed by atoms with E-state index in [-0.39, 0.29) is 6.42 Å². The number of carbonyl (C=O) groups is 3. The predicted octanol–water partition coefficient (Wildman–Crippen LogP) is 5.44. The van der Waals surface area contributed by atoms with Gasteiger partial charge in [0.15, 0.2) is 17.1 Å². The minimum atomic E-state index is -1.86. The summed E-state index contributed by atoms with van der Waals surface area (Å²) in [5, 5.41) is 5.75. The van der Waals surface area contributed by atoms with Crippen molar-refractivity contribution in [2.75, 3.05) is 0 Å². The van der Waals surface area contributed by atoms with Gasteiger partial charge in [-0.1, -0.05) is 109 Å². The molecule has 0 bridgehead atoms. The fourth-order valence-electron chi connectivity index (χ4n) is 4.38. The zero-order valence-corrected chi connectivity index (χ0v) is 18.9. The third-order valence-corrected chi connectivity index (χ3v) is 6.15. The van der Waals surface area contributed by atoms with Crippen LogP contribution >= 0.6 is 0 Å². The summed E-state index contributed by atoms with van der Waals surface area (Å²) >= 11 is 0. The van der Waals surface area contributed by atoms with Gasteiger partial charge in [-0.3, -0.25) is 14.4 Å². The number of hydrogen-bond donors (Lipinski definition) is 0. The van der Waals surface area contributed by atoms with Crippen LogP contribution in [0.2, 0.25) is 0 Å². The molecule has 5 rings (SSSR count). The molecule has 1 aliphatic rings. The van der Waals surface area contributed by atoms with Crippen LogP contribution in [0.4, 0.5) is 0 Å². The van der Waals surface area contributed by atoms with Crippen LogP contribution in [0, 0.1) is 0 Å². The minimum absolute atomic E-state index is 0.0307. The third-order valence-electron chi connectivity index (χ3n) is 6.15. The van der Waals surface area contributed by atoms with Crippen molar-refractivity contribution in [3.63, 3.8) is 0 Å². The number of rotatable bonds is 6. The Morgan fingerprint density at radius 3 is 1.43 bits per heavy atom. The second-order valence-corrected chi connectivity index (χ2v) is 8.32. The molecule has 0 atom stereocenters. The lowest BCUT2D eigenvalue weighted by Gasteiger charge is -2.33. The molecule has 0 aromatic heterocycles. The van der Waals surface area contributed by atoms with Gasteiger partial charge in [-0.2, -0.15) is 5.10 Å². The van der Waals surface area contributed by atoms with Gasteiger partial charge >= 0.3 is 0 Å². The van der Waals surface area contributed by atoms with Crippen molar-refractivity contribution in [3.8, 4) is 0 Å². The highest BCUT2D eigenvalue weighted by Gasteiger charge is 2.57. The van der Waals surface area contributed by atoms with Crippen LogP contribution in [-0.2, 0) is 0 Å². The maximum absolute atomic E-state index is 14.2. The monoisotopic (exact) mass is 458 g/mol. The van der Waals surface area contributed by atoms with E-state index in [1.807, 2.05) is 30.3 Å². The number of carbonyl (C=O) groups excluding carboxylic acids is 3. The molecule has 0 unspecified atom stereocenters. The van der Waals surface area contributed by atoms with E-state index < -0.39 is 23.0 Å². The fraction of sp³-hybridized carbons (Fsp3) is 0.0667. The third kappa shape index (κ3) is 3.97. The lowest BCUT2D eigenvalue weighted by molar-refractivity contribution is 0.0423. The summed E-state index contributed by atoms with van der Waals surface area (Å²) in [7, 11) is 0. The zero-order valence-electron chi connectivity index (χ0n) is 18.9. The van der Waals surface area contributed by atoms with Crippen molar-refractivity contribution >= 4 is 23.2 Å². The molecule has 35 heavy (non-hydrogen) atoms. The predicted molar refractivity (Wildman–Crippen MR) is 134 cm³/mol. The Labute approximate surface area is 203 Å². The van der Waals surface area contributed by atoms with Crippen molar-refractivity contribution in [2.45, 2.75) is 12.0 Å². The van der Waals surface area contributed by atoms with Crippen LogP contribution in [0.3, 0.4) is 0 Å². The first-order valence-corrected chi connectivity index (χ1v) is 11.3. The molecule has 170 valence electrons. The molecule has 5 heteroatoms. The highest BCUT2D eigenvalue weighted by atomic mass is 16.2. The summed E-state index contributed by atoms with van der Waals surface area (Å²) in [6.45, 7) is 0. The maximum Gasteiger partial charge on any atom is 0.275 e. The lowest BCUT2D eigenvalue weighted by Crippen LogP contribution is -2.58. The standard InChI is InChI=1S/C30H22N2O3/c33-27(23-15-7-2-8-16-23)30(28(34)24-17-9-3-10-18-24)21-26(22-13-5-1-6-14-22)31-32(30)29(35)25-19-11-4-12-20-25/h1-20H,21H2. The molecule has 4 aromatic rings. The summed E-state index contributed by atoms with van der Waals surface area (Å²) < 4.78 is 0. The van der Waals surface area contributed by atoms with Crippen LogP contribution in [0.15, 0.2) is 126 Å². The van der Waals surface area contributed by atoms with Crippen LogP contribution in [0.5, 0.6) is 0 Å². The molecule has 5 nitrogen and oxygen atoms in total. The molecular formula is C30H22N2O3. The van der Waals surface area contributed by atoms with Crippen molar-refractivity contribution < 1.29 is 14.4 Å². The van der Waals surface area contributed by atoms with Gasteiger partial charge in [0.2, 0.25) is 0 Å². The number of hydrazone groups is 1. The van der Waals surface area contributed by atoms with Crippen molar-refractivity contribution in [2.24, 2.45) is 5.10 Å². The van der Waals surface area contributed by atoms with Gasteiger partial charge < -0.3 is 0 Å². The Hall–Kier alpha value is -4.64. The van der Waals surface area contributed by atoms with Gasteiger partial charge in [0.05, 0.1) is 5.71 Å². The number of amides is 1. The molecular weight excluding hydrogens is 436 g/mol. The molecule has 4 aromatic carbocycles. The Balaban J connectivity index is 1.73. The minimum Gasteiger partial charge on any atom is -0.291 e. The molecule has 0 saturated heterocycles. The van der Waals surface area contributed by atoms with Gasteiger partial charge in [-0.15, -0.1) is 0 Å². The van der Waals surface area contributed by atoms with E-state index in [1.165, 1.54) is 0 Å². The van der Waals surface area contributed by atoms with E-state index in [0.29, 0.717) is 22.4 Å². The average molecular weight is 459 g/mol.